The van der Waals surface area contributed by atoms with Crippen LogP contribution in [0.3, 0.4) is 0 Å². The molecular weight excluding hydrogens is 231 g/mol. The fraction of sp³-hybridized carbons (Fsp3) is 0.125. The van der Waals surface area contributed by atoms with Crippen molar-refractivity contribution in [2.75, 3.05) is 0 Å². The molecule has 0 aromatic heterocycles. The molecule has 7 heteroatoms. The van der Waals surface area contributed by atoms with E-state index in [-0.39, 0.29) is 10.5 Å². The molecule has 0 aliphatic rings. The molecule has 0 bridgehead atoms. The van der Waals surface area contributed by atoms with E-state index in [0.29, 0.717) is 0 Å². The fourth-order valence-electron chi connectivity index (χ4n) is 0.917. The predicted octanol–water partition coefficient (Wildman–Crippen LogP) is 1.97. The number of ether oxygens (including phenoxy) is 1. The van der Waals surface area contributed by atoms with E-state index < -0.39 is 18.0 Å². The van der Waals surface area contributed by atoms with Crippen molar-refractivity contribution in [3.05, 3.63) is 23.8 Å². The molecule has 0 radical (unpaired) electrons. The highest BCUT2D eigenvalue weighted by molar-refractivity contribution is 7.80. The van der Waals surface area contributed by atoms with E-state index in [9.17, 15) is 18.0 Å². The molecule has 1 aromatic carbocycles. The topological polar surface area (TPSA) is 52.3 Å². The minimum Gasteiger partial charge on any atom is -0.406 e. The Morgan fingerprint density at radius 2 is 2.00 bits per heavy atom. The molecule has 0 aliphatic carbocycles. The van der Waals surface area contributed by atoms with Crippen molar-refractivity contribution in [2.45, 2.75) is 11.3 Å². The van der Waals surface area contributed by atoms with Crippen LogP contribution < -0.4 is 10.5 Å². The Labute approximate surface area is 88.4 Å². The van der Waals surface area contributed by atoms with E-state index in [0.717, 1.165) is 18.2 Å². The van der Waals surface area contributed by atoms with Crippen LogP contribution in [0.4, 0.5) is 13.2 Å². The molecule has 15 heavy (non-hydrogen) atoms. The van der Waals surface area contributed by atoms with Gasteiger partial charge in [0.2, 0.25) is 5.91 Å². The van der Waals surface area contributed by atoms with Gasteiger partial charge in [0.1, 0.15) is 5.75 Å². The first kappa shape index (κ1) is 11.7. The number of hydrogen-bond acceptors (Lipinski definition) is 3. The monoisotopic (exact) mass is 237 g/mol. The zero-order valence-corrected chi connectivity index (χ0v) is 8.10. The van der Waals surface area contributed by atoms with E-state index in [1.807, 2.05) is 0 Å². The summed E-state index contributed by atoms with van der Waals surface area (Å²) in [4.78, 5) is 10.8. The van der Waals surface area contributed by atoms with E-state index in [2.05, 4.69) is 17.4 Å². The molecule has 0 atom stereocenters. The summed E-state index contributed by atoms with van der Waals surface area (Å²) in [7, 11) is 0. The number of primary amides is 1. The second kappa shape index (κ2) is 4.01. The van der Waals surface area contributed by atoms with Gasteiger partial charge in [0.05, 0.1) is 5.56 Å². The highest BCUT2D eigenvalue weighted by Crippen LogP contribution is 2.26. The second-order valence-corrected chi connectivity index (χ2v) is 3.07. The van der Waals surface area contributed by atoms with Crippen molar-refractivity contribution in [3.8, 4) is 5.75 Å². The number of rotatable bonds is 2. The standard InChI is InChI=1S/C8H6F3NO2S/c9-8(10,11)14-4-1-2-5(7(12)13)6(15)3-4/h1-3,15H,(H2,12,13). The molecule has 82 valence electrons. The van der Waals surface area contributed by atoms with Gasteiger partial charge in [-0.3, -0.25) is 4.79 Å². The van der Waals surface area contributed by atoms with Gasteiger partial charge in [-0.1, -0.05) is 0 Å². The highest BCUT2D eigenvalue weighted by atomic mass is 32.1. The summed E-state index contributed by atoms with van der Waals surface area (Å²) >= 11 is 3.81. The SMILES string of the molecule is NC(=O)c1ccc(OC(F)(F)F)cc1S. The number of benzene rings is 1. The summed E-state index contributed by atoms with van der Waals surface area (Å²) < 4.78 is 39.0. The number of amides is 1. The van der Waals surface area contributed by atoms with Crippen LogP contribution in [0.2, 0.25) is 0 Å². The van der Waals surface area contributed by atoms with Gasteiger partial charge in [-0.2, -0.15) is 0 Å². The van der Waals surface area contributed by atoms with Crippen molar-refractivity contribution in [2.24, 2.45) is 5.73 Å². The Morgan fingerprint density at radius 3 is 2.40 bits per heavy atom. The molecule has 0 heterocycles. The van der Waals surface area contributed by atoms with Gasteiger partial charge in [0, 0.05) is 4.90 Å². The molecule has 0 fully saturated rings. The number of nitrogens with two attached hydrogens (primary N) is 1. The van der Waals surface area contributed by atoms with Gasteiger partial charge in [-0.15, -0.1) is 25.8 Å². The molecule has 0 aliphatic heterocycles. The Balaban J connectivity index is 2.97. The Hall–Kier alpha value is -1.37. The summed E-state index contributed by atoms with van der Waals surface area (Å²) in [5.74, 6) is -1.21. The molecule has 1 amide bonds. The first-order chi connectivity index (χ1) is 6.79. The van der Waals surface area contributed by atoms with E-state index >= 15 is 0 Å². The molecule has 2 N–H and O–H groups in total. The van der Waals surface area contributed by atoms with Crippen LogP contribution in [0.5, 0.6) is 5.75 Å². The molecule has 1 rings (SSSR count). The van der Waals surface area contributed by atoms with Crippen molar-refractivity contribution in [3.63, 3.8) is 0 Å². The summed E-state index contributed by atoms with van der Waals surface area (Å²) in [6.45, 7) is 0. The molecule has 1 aromatic rings. The number of alkyl halides is 3. The van der Waals surface area contributed by atoms with Crippen molar-refractivity contribution >= 4 is 18.5 Å². The summed E-state index contributed by atoms with van der Waals surface area (Å²) in [6.07, 6.45) is -4.77. The maximum absolute atomic E-state index is 11.8. The molecule has 0 unspecified atom stereocenters. The lowest BCUT2D eigenvalue weighted by Crippen LogP contribution is -2.17. The van der Waals surface area contributed by atoms with Crippen molar-refractivity contribution < 1.29 is 22.7 Å². The van der Waals surface area contributed by atoms with E-state index in [1.54, 1.807) is 0 Å². The van der Waals surface area contributed by atoms with E-state index in [1.165, 1.54) is 0 Å². The summed E-state index contributed by atoms with van der Waals surface area (Å²) in [6, 6.07) is 3.08. The van der Waals surface area contributed by atoms with Gasteiger partial charge in [-0.05, 0) is 18.2 Å². The van der Waals surface area contributed by atoms with Crippen LogP contribution in [0.15, 0.2) is 23.1 Å². The smallest absolute Gasteiger partial charge is 0.406 e. The number of carbonyl (C=O) groups excluding carboxylic acids is 1. The summed E-state index contributed by atoms with van der Waals surface area (Å²) in [5.41, 5.74) is 4.98. The fourth-order valence-corrected chi connectivity index (χ4v) is 1.23. The van der Waals surface area contributed by atoms with Crippen LogP contribution >= 0.6 is 12.6 Å². The summed E-state index contributed by atoms with van der Waals surface area (Å²) in [5, 5.41) is 0. The first-order valence-corrected chi connectivity index (χ1v) is 4.13. The normalized spacial score (nSPS) is 11.2. The zero-order valence-electron chi connectivity index (χ0n) is 7.21. The van der Waals surface area contributed by atoms with Crippen LogP contribution in [0.25, 0.3) is 0 Å². The average Bonchev–Trinajstić information content (AvgIpc) is 1.99. The Bertz CT molecular complexity index is 392. The second-order valence-electron chi connectivity index (χ2n) is 2.59. The quantitative estimate of drug-likeness (QED) is 0.772. The minimum atomic E-state index is -4.77. The maximum atomic E-state index is 11.8. The van der Waals surface area contributed by atoms with Gasteiger partial charge in [-0.25, -0.2) is 0 Å². The largest absolute Gasteiger partial charge is 0.573 e. The number of hydrogen-bond donors (Lipinski definition) is 2. The molecule has 0 saturated carbocycles. The third-order valence-electron chi connectivity index (χ3n) is 1.47. The van der Waals surface area contributed by atoms with Crippen LogP contribution in [0, 0.1) is 0 Å². The van der Waals surface area contributed by atoms with Gasteiger partial charge < -0.3 is 10.5 Å². The lowest BCUT2D eigenvalue weighted by atomic mass is 10.2. The van der Waals surface area contributed by atoms with E-state index in [4.69, 9.17) is 5.73 Å². The van der Waals surface area contributed by atoms with Crippen molar-refractivity contribution in [1.82, 2.24) is 0 Å². The highest BCUT2D eigenvalue weighted by Gasteiger charge is 2.31. The van der Waals surface area contributed by atoms with Gasteiger partial charge in [0.15, 0.2) is 0 Å². The number of thiol groups is 1. The molecular formula is C8H6F3NO2S. The first-order valence-electron chi connectivity index (χ1n) is 3.68. The number of halogens is 3. The lowest BCUT2D eigenvalue weighted by Gasteiger charge is -2.09. The van der Waals surface area contributed by atoms with Gasteiger partial charge in [0.25, 0.3) is 0 Å². The zero-order chi connectivity index (χ0) is 11.6. The van der Waals surface area contributed by atoms with Gasteiger partial charge >= 0.3 is 6.36 Å². The molecule has 0 spiro atoms. The third-order valence-corrected chi connectivity index (χ3v) is 1.84. The van der Waals surface area contributed by atoms with Crippen molar-refractivity contribution in [1.29, 1.82) is 0 Å². The molecule has 0 saturated heterocycles. The predicted molar refractivity (Wildman–Crippen MR) is 48.9 cm³/mol. The Morgan fingerprint density at radius 1 is 1.40 bits per heavy atom. The number of carbonyl (C=O) groups is 1. The Kier molecular flexibility index (Phi) is 3.13. The third kappa shape index (κ3) is 3.35. The lowest BCUT2D eigenvalue weighted by molar-refractivity contribution is -0.274. The maximum Gasteiger partial charge on any atom is 0.573 e. The minimum absolute atomic E-state index is 0.0317. The average molecular weight is 237 g/mol. The molecule has 3 nitrogen and oxygen atoms in total. The van der Waals surface area contributed by atoms with Crippen LogP contribution in [0.1, 0.15) is 10.4 Å². The van der Waals surface area contributed by atoms with Crippen LogP contribution in [-0.4, -0.2) is 12.3 Å². The van der Waals surface area contributed by atoms with Crippen LogP contribution in [-0.2, 0) is 0 Å².